The summed E-state index contributed by atoms with van der Waals surface area (Å²) in [7, 11) is 0. The average molecular weight is 408 g/mol. The predicted molar refractivity (Wildman–Crippen MR) is 116 cm³/mol. The molecule has 1 heterocycles. The van der Waals surface area contributed by atoms with Crippen LogP contribution in [0.15, 0.2) is 54.6 Å². The van der Waals surface area contributed by atoms with Crippen molar-refractivity contribution in [3.63, 3.8) is 0 Å². The predicted octanol–water partition coefficient (Wildman–Crippen LogP) is 2.74. The van der Waals surface area contributed by atoms with E-state index in [1.165, 1.54) is 5.56 Å². The number of hydrogen-bond acceptors (Lipinski definition) is 3. The van der Waals surface area contributed by atoms with E-state index in [1.807, 2.05) is 49.4 Å². The highest BCUT2D eigenvalue weighted by Crippen LogP contribution is 2.12. The number of aryl methyl sites for hydroxylation is 1. The quantitative estimate of drug-likeness (QED) is 0.801. The number of carbonyl (C=O) groups excluding carboxylic acids is 3. The fourth-order valence-corrected chi connectivity index (χ4v) is 3.56. The number of benzene rings is 2. The van der Waals surface area contributed by atoms with Gasteiger partial charge in [-0.25, -0.2) is 0 Å². The molecule has 6 heteroatoms. The Balaban J connectivity index is 1.46. The number of rotatable bonds is 6. The number of piperazine rings is 1. The van der Waals surface area contributed by atoms with E-state index in [-0.39, 0.29) is 30.2 Å². The summed E-state index contributed by atoms with van der Waals surface area (Å²) in [5.41, 5.74) is 2.47. The molecule has 3 rings (SSSR count). The van der Waals surface area contributed by atoms with Crippen molar-refractivity contribution in [1.82, 2.24) is 15.1 Å². The topological polar surface area (TPSA) is 69.7 Å². The normalized spacial score (nSPS) is 14.9. The van der Waals surface area contributed by atoms with E-state index in [0.717, 1.165) is 6.42 Å². The van der Waals surface area contributed by atoms with Crippen molar-refractivity contribution in [3.8, 4) is 0 Å². The number of nitrogens with one attached hydrogen (secondary N) is 1. The fraction of sp³-hybridized carbons (Fsp3) is 0.375. The molecule has 1 N–H and O–H groups in total. The SMILES string of the molecule is CCc1ccc(C(=O)N2CCN(C(=O)CC(C)NC(=O)c3ccccc3)CC2)cc1. The fourth-order valence-electron chi connectivity index (χ4n) is 3.56. The maximum atomic E-state index is 12.7. The zero-order chi connectivity index (χ0) is 21.5. The molecule has 6 nitrogen and oxygen atoms in total. The van der Waals surface area contributed by atoms with Crippen LogP contribution >= 0.6 is 0 Å². The summed E-state index contributed by atoms with van der Waals surface area (Å²) in [6.07, 6.45) is 1.19. The molecule has 30 heavy (non-hydrogen) atoms. The van der Waals surface area contributed by atoms with E-state index in [1.54, 1.807) is 21.9 Å². The number of carbonyl (C=O) groups is 3. The van der Waals surface area contributed by atoms with Crippen molar-refractivity contribution in [2.75, 3.05) is 26.2 Å². The number of hydrogen-bond donors (Lipinski definition) is 1. The third-order valence-electron chi connectivity index (χ3n) is 5.42. The number of nitrogens with zero attached hydrogens (tertiary/aromatic N) is 2. The van der Waals surface area contributed by atoms with Gasteiger partial charge < -0.3 is 15.1 Å². The van der Waals surface area contributed by atoms with E-state index in [4.69, 9.17) is 0 Å². The van der Waals surface area contributed by atoms with Gasteiger partial charge in [0.15, 0.2) is 0 Å². The second-order valence-electron chi connectivity index (χ2n) is 7.67. The minimum absolute atomic E-state index is 0.00439. The number of amides is 3. The maximum Gasteiger partial charge on any atom is 0.253 e. The van der Waals surface area contributed by atoms with Crippen LogP contribution in [0, 0.1) is 0 Å². The van der Waals surface area contributed by atoms with Gasteiger partial charge in [-0.05, 0) is 43.2 Å². The minimum Gasteiger partial charge on any atom is -0.349 e. The van der Waals surface area contributed by atoms with E-state index >= 15 is 0 Å². The van der Waals surface area contributed by atoms with Gasteiger partial charge >= 0.3 is 0 Å². The summed E-state index contributed by atoms with van der Waals surface area (Å²) < 4.78 is 0. The zero-order valence-corrected chi connectivity index (χ0v) is 17.6. The lowest BCUT2D eigenvalue weighted by Gasteiger charge is -2.35. The Labute approximate surface area is 177 Å². The van der Waals surface area contributed by atoms with Crippen LogP contribution in [0.1, 0.15) is 46.5 Å². The van der Waals surface area contributed by atoms with Crippen molar-refractivity contribution in [1.29, 1.82) is 0 Å². The van der Waals surface area contributed by atoms with Crippen molar-refractivity contribution in [3.05, 3.63) is 71.3 Å². The Morgan fingerprint density at radius 2 is 1.47 bits per heavy atom. The summed E-state index contributed by atoms with van der Waals surface area (Å²) in [5, 5.41) is 2.87. The molecular formula is C24H29N3O3. The molecule has 0 radical (unpaired) electrons. The summed E-state index contributed by atoms with van der Waals surface area (Å²) in [6, 6.07) is 16.4. The van der Waals surface area contributed by atoms with Crippen LogP contribution in [0.2, 0.25) is 0 Å². The lowest BCUT2D eigenvalue weighted by Crippen LogP contribution is -2.51. The van der Waals surface area contributed by atoms with Crippen LogP contribution in [0.3, 0.4) is 0 Å². The minimum atomic E-state index is -0.262. The first-order chi connectivity index (χ1) is 14.5. The molecule has 1 fully saturated rings. The van der Waals surface area contributed by atoms with E-state index < -0.39 is 0 Å². The molecule has 2 aromatic rings. The molecule has 1 unspecified atom stereocenters. The van der Waals surface area contributed by atoms with Gasteiger partial charge in [0, 0.05) is 49.8 Å². The van der Waals surface area contributed by atoms with E-state index in [0.29, 0.717) is 37.3 Å². The third kappa shape index (κ3) is 5.47. The summed E-state index contributed by atoms with van der Waals surface area (Å²) in [5.74, 6) is -0.177. The Bertz CT molecular complexity index is 872. The van der Waals surface area contributed by atoms with Crippen molar-refractivity contribution < 1.29 is 14.4 Å². The first kappa shape index (κ1) is 21.6. The Morgan fingerprint density at radius 3 is 2.07 bits per heavy atom. The zero-order valence-electron chi connectivity index (χ0n) is 17.6. The van der Waals surface area contributed by atoms with Gasteiger partial charge in [0.25, 0.3) is 11.8 Å². The Hall–Kier alpha value is -3.15. The Kier molecular flexibility index (Phi) is 7.22. The molecule has 2 aromatic carbocycles. The second-order valence-corrected chi connectivity index (χ2v) is 7.67. The summed E-state index contributed by atoms with van der Waals surface area (Å²) in [4.78, 5) is 41.1. The van der Waals surface area contributed by atoms with Crippen molar-refractivity contribution in [2.24, 2.45) is 0 Å². The highest BCUT2D eigenvalue weighted by atomic mass is 16.2. The molecular weight excluding hydrogens is 378 g/mol. The summed E-state index contributed by atoms with van der Waals surface area (Å²) in [6.45, 7) is 5.98. The Morgan fingerprint density at radius 1 is 0.867 bits per heavy atom. The molecule has 1 saturated heterocycles. The highest BCUT2D eigenvalue weighted by Gasteiger charge is 2.26. The first-order valence-electron chi connectivity index (χ1n) is 10.5. The molecule has 1 aliphatic heterocycles. The van der Waals surface area contributed by atoms with Crippen LogP contribution in [0.5, 0.6) is 0 Å². The van der Waals surface area contributed by atoms with Gasteiger partial charge in [-0.3, -0.25) is 14.4 Å². The lowest BCUT2D eigenvalue weighted by molar-refractivity contribution is -0.133. The smallest absolute Gasteiger partial charge is 0.253 e. The van der Waals surface area contributed by atoms with Crippen molar-refractivity contribution >= 4 is 17.7 Å². The molecule has 0 spiro atoms. The van der Waals surface area contributed by atoms with Crippen LogP contribution in [-0.4, -0.2) is 59.7 Å². The van der Waals surface area contributed by atoms with Crippen LogP contribution in [0.4, 0.5) is 0 Å². The first-order valence-corrected chi connectivity index (χ1v) is 10.5. The van der Waals surface area contributed by atoms with Gasteiger partial charge in [0.05, 0.1) is 0 Å². The van der Waals surface area contributed by atoms with Gasteiger partial charge in [-0.15, -0.1) is 0 Å². The molecule has 0 saturated carbocycles. The van der Waals surface area contributed by atoms with E-state index in [2.05, 4.69) is 12.2 Å². The molecule has 0 aliphatic carbocycles. The maximum absolute atomic E-state index is 12.7. The standard InChI is InChI=1S/C24H29N3O3/c1-3-19-9-11-21(12-10-19)24(30)27-15-13-26(14-16-27)22(28)17-18(2)25-23(29)20-7-5-4-6-8-20/h4-12,18H,3,13-17H2,1-2H3,(H,25,29). The molecule has 158 valence electrons. The van der Waals surface area contributed by atoms with Gasteiger partial charge in [-0.2, -0.15) is 0 Å². The highest BCUT2D eigenvalue weighted by molar-refractivity contribution is 5.95. The molecule has 1 atom stereocenters. The average Bonchev–Trinajstić information content (AvgIpc) is 2.79. The van der Waals surface area contributed by atoms with Gasteiger partial charge in [0.2, 0.25) is 5.91 Å². The van der Waals surface area contributed by atoms with Crippen molar-refractivity contribution in [2.45, 2.75) is 32.7 Å². The molecule has 0 bridgehead atoms. The van der Waals surface area contributed by atoms with Crippen LogP contribution in [-0.2, 0) is 11.2 Å². The van der Waals surface area contributed by atoms with Gasteiger partial charge in [0.1, 0.15) is 0 Å². The monoisotopic (exact) mass is 407 g/mol. The van der Waals surface area contributed by atoms with E-state index in [9.17, 15) is 14.4 Å². The van der Waals surface area contributed by atoms with Gasteiger partial charge in [-0.1, -0.05) is 37.3 Å². The summed E-state index contributed by atoms with van der Waals surface area (Å²) >= 11 is 0. The molecule has 1 aliphatic rings. The van der Waals surface area contributed by atoms with Crippen LogP contribution < -0.4 is 5.32 Å². The third-order valence-corrected chi connectivity index (χ3v) is 5.42. The molecule has 3 amide bonds. The van der Waals surface area contributed by atoms with Crippen LogP contribution in [0.25, 0.3) is 0 Å². The molecule has 0 aromatic heterocycles. The largest absolute Gasteiger partial charge is 0.349 e. The lowest BCUT2D eigenvalue weighted by atomic mass is 10.1. The second kappa shape index (κ2) is 10.1.